The number of urea groups is 1. The second-order valence-electron chi connectivity index (χ2n) is 9.55. The van der Waals surface area contributed by atoms with E-state index in [9.17, 15) is 18.4 Å². The summed E-state index contributed by atoms with van der Waals surface area (Å²) in [6.07, 6.45) is -1.34. The molecule has 1 N–H and O–H groups in total. The summed E-state index contributed by atoms with van der Waals surface area (Å²) in [5.74, 6) is -0.354. The predicted octanol–water partition coefficient (Wildman–Crippen LogP) is 4.44. The van der Waals surface area contributed by atoms with Crippen molar-refractivity contribution in [2.24, 2.45) is 0 Å². The highest BCUT2D eigenvalue weighted by Gasteiger charge is 2.40. The van der Waals surface area contributed by atoms with E-state index in [4.69, 9.17) is 4.74 Å². The second-order valence-corrected chi connectivity index (χ2v) is 9.55. The molecular formula is C25H29F2N3O3. The van der Waals surface area contributed by atoms with Crippen LogP contribution in [0.4, 0.5) is 18.4 Å². The Morgan fingerprint density at radius 1 is 1.06 bits per heavy atom. The molecule has 8 heteroatoms. The first-order chi connectivity index (χ1) is 15.6. The maximum Gasteiger partial charge on any atom is 0.410 e. The van der Waals surface area contributed by atoms with E-state index in [0.29, 0.717) is 13.0 Å². The highest BCUT2D eigenvalue weighted by atomic mass is 19.1. The van der Waals surface area contributed by atoms with Crippen molar-refractivity contribution in [2.75, 3.05) is 19.6 Å². The van der Waals surface area contributed by atoms with Gasteiger partial charge in [-0.1, -0.05) is 36.4 Å². The monoisotopic (exact) mass is 457 g/mol. The number of nitrogens with one attached hydrogen (secondary N) is 1. The fourth-order valence-electron chi connectivity index (χ4n) is 4.41. The highest BCUT2D eigenvalue weighted by molar-refractivity contribution is 5.77. The lowest BCUT2D eigenvalue weighted by Gasteiger charge is -2.38. The third kappa shape index (κ3) is 5.10. The summed E-state index contributed by atoms with van der Waals surface area (Å²) in [4.78, 5) is 28.6. The average molecular weight is 458 g/mol. The van der Waals surface area contributed by atoms with Gasteiger partial charge in [0.05, 0.1) is 18.6 Å². The number of ether oxygens (including phenoxy) is 1. The maximum atomic E-state index is 14.7. The molecule has 3 atom stereocenters. The summed E-state index contributed by atoms with van der Waals surface area (Å²) in [6.45, 7) is 5.58. The van der Waals surface area contributed by atoms with Crippen LogP contribution in [0.3, 0.4) is 0 Å². The SMILES string of the molecule is CC(C)(C)OC(=O)N1C[C@H](NC(=O)N2CCc3ccccc3[C@@H]2c2ccc(F)cc2)[C@@H](F)C1. The second kappa shape index (κ2) is 9.00. The topological polar surface area (TPSA) is 61.9 Å². The summed E-state index contributed by atoms with van der Waals surface area (Å²) in [6, 6.07) is 12.2. The number of alkyl halides is 1. The molecule has 1 saturated heterocycles. The van der Waals surface area contributed by atoms with Crippen molar-refractivity contribution in [1.82, 2.24) is 15.1 Å². The Hall–Kier alpha value is -3.16. The first-order valence-corrected chi connectivity index (χ1v) is 11.1. The molecule has 4 rings (SSSR count). The molecule has 6 nitrogen and oxygen atoms in total. The number of nitrogens with zero attached hydrogens (tertiary/aromatic N) is 2. The first-order valence-electron chi connectivity index (χ1n) is 11.1. The molecule has 2 heterocycles. The van der Waals surface area contributed by atoms with Crippen LogP contribution in [-0.4, -0.2) is 59.4 Å². The highest BCUT2D eigenvalue weighted by Crippen LogP contribution is 2.35. The van der Waals surface area contributed by atoms with Crippen LogP contribution in [0.25, 0.3) is 0 Å². The van der Waals surface area contributed by atoms with Crippen LogP contribution in [0, 0.1) is 5.82 Å². The Kier molecular flexibility index (Phi) is 6.28. The number of carbonyl (C=O) groups excluding carboxylic acids is 2. The molecule has 0 unspecified atom stereocenters. The Labute approximate surface area is 192 Å². The number of likely N-dealkylation sites (tertiary alicyclic amines) is 1. The van der Waals surface area contributed by atoms with E-state index < -0.39 is 36.0 Å². The molecule has 1 fully saturated rings. The Bertz CT molecular complexity index is 1020. The predicted molar refractivity (Wildman–Crippen MR) is 120 cm³/mol. The van der Waals surface area contributed by atoms with Crippen molar-refractivity contribution in [1.29, 1.82) is 0 Å². The smallest absolute Gasteiger partial charge is 0.410 e. The molecule has 0 saturated carbocycles. The molecule has 2 aliphatic rings. The van der Waals surface area contributed by atoms with Gasteiger partial charge >= 0.3 is 12.1 Å². The maximum absolute atomic E-state index is 14.7. The summed E-state index contributed by atoms with van der Waals surface area (Å²) >= 11 is 0. The number of fused-ring (bicyclic) bond motifs is 1. The van der Waals surface area contributed by atoms with Crippen LogP contribution < -0.4 is 5.32 Å². The van der Waals surface area contributed by atoms with Gasteiger partial charge < -0.3 is 19.9 Å². The van der Waals surface area contributed by atoms with Gasteiger partial charge in [0.25, 0.3) is 0 Å². The van der Waals surface area contributed by atoms with E-state index in [1.165, 1.54) is 17.0 Å². The minimum absolute atomic E-state index is 0.0352. The van der Waals surface area contributed by atoms with E-state index in [2.05, 4.69) is 5.32 Å². The zero-order chi connectivity index (χ0) is 23.8. The number of amides is 3. The molecule has 0 aromatic heterocycles. The van der Waals surface area contributed by atoms with Crippen LogP contribution >= 0.6 is 0 Å². The fraction of sp³-hybridized carbons (Fsp3) is 0.440. The minimum Gasteiger partial charge on any atom is -0.444 e. The third-order valence-corrected chi connectivity index (χ3v) is 5.94. The quantitative estimate of drug-likeness (QED) is 0.725. The van der Waals surface area contributed by atoms with Gasteiger partial charge in [0.1, 0.15) is 17.6 Å². The molecule has 2 aromatic rings. The number of hydrogen-bond acceptors (Lipinski definition) is 3. The molecule has 0 spiro atoms. The summed E-state index contributed by atoms with van der Waals surface area (Å²) in [5.41, 5.74) is 2.17. The normalized spacial score (nSPS) is 22.6. The van der Waals surface area contributed by atoms with Gasteiger partial charge in [-0.05, 0) is 56.0 Å². The number of halogens is 2. The minimum atomic E-state index is -1.40. The third-order valence-electron chi connectivity index (χ3n) is 5.94. The molecule has 176 valence electrons. The Balaban J connectivity index is 1.52. The van der Waals surface area contributed by atoms with Crippen molar-refractivity contribution >= 4 is 12.1 Å². The summed E-state index contributed by atoms with van der Waals surface area (Å²) in [5, 5.41) is 2.78. The van der Waals surface area contributed by atoms with Gasteiger partial charge in [-0.2, -0.15) is 0 Å². The van der Waals surface area contributed by atoms with E-state index in [-0.39, 0.29) is 18.9 Å². The summed E-state index contributed by atoms with van der Waals surface area (Å²) in [7, 11) is 0. The van der Waals surface area contributed by atoms with E-state index in [1.807, 2.05) is 24.3 Å². The lowest BCUT2D eigenvalue weighted by atomic mass is 9.88. The zero-order valence-corrected chi connectivity index (χ0v) is 19.1. The number of benzene rings is 2. The molecule has 2 aromatic carbocycles. The van der Waals surface area contributed by atoms with Crippen LogP contribution in [0.2, 0.25) is 0 Å². The van der Waals surface area contributed by atoms with Crippen molar-refractivity contribution in [3.63, 3.8) is 0 Å². The molecule has 3 amide bonds. The van der Waals surface area contributed by atoms with Crippen LogP contribution in [0.5, 0.6) is 0 Å². The number of carbonyl (C=O) groups is 2. The Morgan fingerprint density at radius 2 is 1.76 bits per heavy atom. The molecule has 2 aliphatic heterocycles. The van der Waals surface area contributed by atoms with Gasteiger partial charge in [-0.3, -0.25) is 0 Å². The van der Waals surface area contributed by atoms with Gasteiger partial charge in [-0.25, -0.2) is 18.4 Å². The molecule has 0 radical (unpaired) electrons. The fourth-order valence-corrected chi connectivity index (χ4v) is 4.41. The van der Waals surface area contributed by atoms with E-state index in [0.717, 1.165) is 16.7 Å². The molecule has 0 aliphatic carbocycles. The molecule has 0 bridgehead atoms. The largest absolute Gasteiger partial charge is 0.444 e. The molecular weight excluding hydrogens is 428 g/mol. The van der Waals surface area contributed by atoms with Crippen molar-refractivity contribution in [2.45, 2.75) is 51.0 Å². The lowest BCUT2D eigenvalue weighted by Crippen LogP contribution is -2.51. The Morgan fingerprint density at radius 3 is 2.45 bits per heavy atom. The van der Waals surface area contributed by atoms with E-state index in [1.54, 1.807) is 37.8 Å². The van der Waals surface area contributed by atoms with E-state index >= 15 is 0 Å². The van der Waals surface area contributed by atoms with Crippen molar-refractivity contribution in [3.05, 3.63) is 71.0 Å². The van der Waals surface area contributed by atoms with Gasteiger partial charge in [0, 0.05) is 13.1 Å². The summed E-state index contributed by atoms with van der Waals surface area (Å²) < 4.78 is 33.6. The zero-order valence-electron chi connectivity index (χ0n) is 19.1. The average Bonchev–Trinajstić information content (AvgIpc) is 3.13. The van der Waals surface area contributed by atoms with Gasteiger partial charge in [0.2, 0.25) is 0 Å². The standard InChI is InChI=1S/C25H29F2N3O3/c1-25(2,3)33-24(32)29-14-20(27)21(15-29)28-23(31)30-13-12-16-6-4-5-7-19(16)22(30)17-8-10-18(26)11-9-17/h4-11,20-22H,12-15H2,1-3H3,(H,28,31)/t20-,21-,22-/m0/s1. The van der Waals surface area contributed by atoms with Crippen LogP contribution in [0.1, 0.15) is 43.5 Å². The number of rotatable bonds is 2. The number of hydrogen-bond donors (Lipinski definition) is 1. The van der Waals surface area contributed by atoms with Crippen LogP contribution in [0.15, 0.2) is 48.5 Å². The van der Waals surface area contributed by atoms with Crippen LogP contribution in [-0.2, 0) is 11.2 Å². The van der Waals surface area contributed by atoms with Gasteiger partial charge in [0.15, 0.2) is 0 Å². The van der Waals surface area contributed by atoms with Gasteiger partial charge in [-0.15, -0.1) is 0 Å². The lowest BCUT2D eigenvalue weighted by molar-refractivity contribution is 0.0282. The first kappa shape index (κ1) is 23.0. The van der Waals surface area contributed by atoms with Crippen molar-refractivity contribution < 1.29 is 23.1 Å². The van der Waals surface area contributed by atoms with Crippen molar-refractivity contribution in [3.8, 4) is 0 Å². The molecule has 33 heavy (non-hydrogen) atoms.